The zero-order chi connectivity index (χ0) is 21.2. The number of nitrogens with one attached hydrogen (secondary N) is 1. The van der Waals surface area contributed by atoms with Crippen molar-refractivity contribution in [2.75, 3.05) is 18.9 Å². The Hall–Kier alpha value is -2.14. The van der Waals surface area contributed by atoms with Gasteiger partial charge in [-0.2, -0.15) is 13.2 Å². The molecule has 0 spiro atoms. The second-order valence-electron chi connectivity index (χ2n) is 5.74. The number of carbonyl (C=O) groups excluding carboxylic acids is 1. The monoisotopic (exact) mass is 421 g/mol. The molecule has 2 aromatic heterocycles. The summed E-state index contributed by atoms with van der Waals surface area (Å²) in [5.74, 6) is 0.196. The van der Waals surface area contributed by atoms with Gasteiger partial charge in [0, 0.05) is 24.7 Å². The molecule has 3 heterocycles. The van der Waals surface area contributed by atoms with E-state index in [2.05, 4.69) is 20.3 Å². The zero-order valence-electron chi connectivity index (χ0n) is 15.8. The van der Waals surface area contributed by atoms with Crippen LogP contribution in [0.1, 0.15) is 30.5 Å². The van der Waals surface area contributed by atoms with Crippen LogP contribution in [0.2, 0.25) is 0 Å². The molecule has 1 N–H and O–H groups in total. The lowest BCUT2D eigenvalue weighted by Gasteiger charge is -2.25. The van der Waals surface area contributed by atoms with E-state index in [1.165, 1.54) is 23.2 Å². The Kier molecular flexibility index (Phi) is 9.94. The van der Waals surface area contributed by atoms with E-state index < -0.39 is 18.0 Å². The fraction of sp³-hybridized carbons (Fsp3) is 0.529. The Bertz CT molecular complexity index is 687. The van der Waals surface area contributed by atoms with E-state index in [0.29, 0.717) is 25.3 Å². The van der Waals surface area contributed by atoms with Crippen molar-refractivity contribution in [1.29, 1.82) is 0 Å². The number of likely N-dealkylation sites (tertiary alicyclic amines) is 1. The molecule has 1 aliphatic rings. The SMILES string of the molecule is CC=O.CNc1ncc(CN2CCCC2C(F)(F)F)s1.Cc1ncc(F)cn1. The molecule has 3 rings (SSSR count). The van der Waals surface area contributed by atoms with Gasteiger partial charge in [-0.05, 0) is 33.2 Å². The van der Waals surface area contributed by atoms with Crippen molar-refractivity contribution in [2.24, 2.45) is 0 Å². The van der Waals surface area contributed by atoms with Crippen molar-refractivity contribution < 1.29 is 22.4 Å². The second kappa shape index (κ2) is 11.6. The average Bonchev–Trinajstić information content (AvgIpc) is 3.28. The summed E-state index contributed by atoms with van der Waals surface area (Å²) in [7, 11) is 1.75. The van der Waals surface area contributed by atoms with Gasteiger partial charge in [0.1, 0.15) is 18.2 Å². The third-order valence-corrected chi connectivity index (χ3v) is 4.62. The maximum Gasteiger partial charge on any atom is 0.404 e. The molecule has 0 aromatic carbocycles. The predicted octanol–water partition coefficient (Wildman–Crippen LogP) is 3.84. The number of rotatable bonds is 3. The summed E-state index contributed by atoms with van der Waals surface area (Å²) in [5, 5.41) is 3.62. The van der Waals surface area contributed by atoms with Crippen LogP contribution in [0.5, 0.6) is 0 Å². The van der Waals surface area contributed by atoms with Gasteiger partial charge in [0.05, 0.1) is 12.4 Å². The third-order valence-electron chi connectivity index (χ3n) is 3.62. The maximum atomic E-state index is 12.7. The van der Waals surface area contributed by atoms with E-state index in [1.807, 2.05) is 0 Å². The molecule has 2 aromatic rings. The number of nitrogens with zero attached hydrogens (tertiary/aromatic N) is 4. The van der Waals surface area contributed by atoms with E-state index in [4.69, 9.17) is 4.79 Å². The van der Waals surface area contributed by atoms with E-state index in [9.17, 15) is 17.6 Å². The van der Waals surface area contributed by atoms with Gasteiger partial charge >= 0.3 is 6.18 Å². The molecular weight excluding hydrogens is 398 g/mol. The largest absolute Gasteiger partial charge is 0.404 e. The number of hydrogen-bond donors (Lipinski definition) is 1. The average molecular weight is 421 g/mol. The summed E-state index contributed by atoms with van der Waals surface area (Å²) in [4.78, 5) is 22.4. The Morgan fingerprint density at radius 2 is 1.89 bits per heavy atom. The second-order valence-corrected chi connectivity index (χ2v) is 6.85. The van der Waals surface area contributed by atoms with Crippen LogP contribution in [0.3, 0.4) is 0 Å². The quantitative estimate of drug-likeness (QED) is 0.600. The number of anilines is 1. The van der Waals surface area contributed by atoms with Gasteiger partial charge in [-0.25, -0.2) is 19.3 Å². The van der Waals surface area contributed by atoms with Crippen LogP contribution in [-0.2, 0) is 11.3 Å². The Balaban J connectivity index is 0.000000296. The number of thiazole rings is 1. The van der Waals surface area contributed by atoms with Crippen LogP contribution < -0.4 is 5.32 Å². The lowest BCUT2D eigenvalue weighted by Crippen LogP contribution is -2.40. The highest BCUT2D eigenvalue weighted by molar-refractivity contribution is 7.15. The van der Waals surface area contributed by atoms with Crippen molar-refractivity contribution in [1.82, 2.24) is 19.9 Å². The topological polar surface area (TPSA) is 71.0 Å². The minimum absolute atomic E-state index is 0.210. The molecule has 1 fully saturated rings. The highest BCUT2D eigenvalue weighted by atomic mass is 32.1. The van der Waals surface area contributed by atoms with E-state index >= 15 is 0 Å². The summed E-state index contributed by atoms with van der Waals surface area (Å²) < 4.78 is 50.1. The summed E-state index contributed by atoms with van der Waals surface area (Å²) in [6.07, 6.45) is 1.38. The van der Waals surface area contributed by atoms with Crippen LogP contribution in [0.25, 0.3) is 0 Å². The van der Waals surface area contributed by atoms with Crippen molar-refractivity contribution in [2.45, 2.75) is 45.5 Å². The molecule has 156 valence electrons. The van der Waals surface area contributed by atoms with Gasteiger partial charge in [-0.3, -0.25) is 4.90 Å². The highest BCUT2D eigenvalue weighted by Gasteiger charge is 2.45. The molecule has 0 bridgehead atoms. The van der Waals surface area contributed by atoms with Crippen molar-refractivity contribution in [3.8, 4) is 0 Å². The van der Waals surface area contributed by atoms with E-state index in [1.54, 1.807) is 20.2 Å². The highest BCUT2D eigenvalue weighted by Crippen LogP contribution is 2.34. The number of aromatic nitrogens is 3. The van der Waals surface area contributed by atoms with Gasteiger partial charge in [0.15, 0.2) is 10.9 Å². The van der Waals surface area contributed by atoms with Crippen LogP contribution in [0, 0.1) is 12.7 Å². The van der Waals surface area contributed by atoms with Gasteiger partial charge in [-0.1, -0.05) is 0 Å². The lowest BCUT2D eigenvalue weighted by molar-refractivity contribution is -0.177. The number of halogens is 4. The van der Waals surface area contributed by atoms with Crippen molar-refractivity contribution in [3.63, 3.8) is 0 Å². The molecule has 1 unspecified atom stereocenters. The number of carbonyl (C=O) groups is 1. The summed E-state index contributed by atoms with van der Waals surface area (Å²) in [5.41, 5.74) is 0. The molecule has 6 nitrogen and oxygen atoms in total. The number of aldehydes is 1. The van der Waals surface area contributed by atoms with Gasteiger partial charge in [-0.15, -0.1) is 11.3 Å². The first-order chi connectivity index (χ1) is 13.2. The summed E-state index contributed by atoms with van der Waals surface area (Å²) >= 11 is 1.40. The van der Waals surface area contributed by atoms with Crippen LogP contribution in [0.4, 0.5) is 22.7 Å². The standard InChI is InChI=1S/C10H14F3N3S.C5H5FN2.C2H4O/c1-14-9-15-5-7(17-9)6-16-4-2-3-8(16)10(11,12)13;1-4-7-2-5(6)3-8-4;1-2-3/h5,8H,2-4,6H2,1H3,(H,14,15);2-3H,1H3;2H,1H3. The van der Waals surface area contributed by atoms with E-state index in [0.717, 1.165) is 28.7 Å². The summed E-state index contributed by atoms with van der Waals surface area (Å²) in [6, 6.07) is -1.29. The van der Waals surface area contributed by atoms with Gasteiger partial charge in [0.2, 0.25) is 0 Å². The summed E-state index contributed by atoms with van der Waals surface area (Å²) in [6.45, 7) is 4.00. The van der Waals surface area contributed by atoms with Crippen molar-refractivity contribution >= 4 is 22.8 Å². The van der Waals surface area contributed by atoms with Crippen LogP contribution >= 0.6 is 11.3 Å². The fourth-order valence-corrected chi connectivity index (χ4v) is 3.25. The number of aryl methyl sites for hydroxylation is 1. The van der Waals surface area contributed by atoms with Crippen LogP contribution in [-0.4, -0.2) is 51.9 Å². The van der Waals surface area contributed by atoms with E-state index in [-0.39, 0.29) is 6.42 Å². The first-order valence-electron chi connectivity index (χ1n) is 8.48. The van der Waals surface area contributed by atoms with Gasteiger partial charge in [0.25, 0.3) is 0 Å². The lowest BCUT2D eigenvalue weighted by atomic mass is 10.2. The molecule has 11 heteroatoms. The Labute approximate surface area is 165 Å². The molecule has 1 atom stereocenters. The maximum absolute atomic E-state index is 12.7. The number of hydrogen-bond acceptors (Lipinski definition) is 7. The zero-order valence-corrected chi connectivity index (χ0v) is 16.6. The Morgan fingerprint density at radius 1 is 1.29 bits per heavy atom. The third kappa shape index (κ3) is 8.26. The predicted molar refractivity (Wildman–Crippen MR) is 99.6 cm³/mol. The van der Waals surface area contributed by atoms with Crippen molar-refractivity contribution in [3.05, 3.63) is 35.1 Å². The molecule has 0 amide bonds. The van der Waals surface area contributed by atoms with Crippen LogP contribution in [0.15, 0.2) is 18.6 Å². The molecule has 0 radical (unpaired) electrons. The van der Waals surface area contributed by atoms with Gasteiger partial charge < -0.3 is 10.1 Å². The number of alkyl halides is 3. The Morgan fingerprint density at radius 3 is 2.36 bits per heavy atom. The normalized spacial score (nSPS) is 16.5. The minimum atomic E-state index is -4.12. The molecule has 1 aliphatic heterocycles. The molecule has 1 saturated heterocycles. The smallest absolute Gasteiger partial charge is 0.365 e. The molecule has 0 aliphatic carbocycles. The molecule has 0 saturated carbocycles. The first kappa shape index (κ1) is 23.9. The first-order valence-corrected chi connectivity index (χ1v) is 9.30. The molecular formula is C17H23F4N5OS. The fourth-order valence-electron chi connectivity index (χ4n) is 2.46. The molecule has 28 heavy (non-hydrogen) atoms. The minimum Gasteiger partial charge on any atom is -0.365 e.